The standard InChI is InChI=1S/C18H19N3O2/c1-12-6-13(2)8-15(7-12)20-18(23)14-9-17(22)21(11-14)16-4-3-5-19-10-16/h3-8,10,14H,9,11H2,1-2H3,(H,20,23). The molecule has 2 amide bonds. The summed E-state index contributed by atoms with van der Waals surface area (Å²) in [6.45, 7) is 4.37. The SMILES string of the molecule is Cc1cc(C)cc(NC(=O)C2CC(=O)N(c3cccnc3)C2)c1. The van der Waals surface area contributed by atoms with Crippen LogP contribution in [0.2, 0.25) is 0 Å². The van der Waals surface area contributed by atoms with Crippen LogP contribution in [-0.2, 0) is 9.59 Å². The number of pyridine rings is 1. The van der Waals surface area contributed by atoms with Gasteiger partial charge in [-0.15, -0.1) is 0 Å². The number of aryl methyl sites for hydroxylation is 2. The van der Waals surface area contributed by atoms with Crippen LogP contribution in [0.1, 0.15) is 17.5 Å². The molecule has 0 spiro atoms. The third-order valence-corrected chi connectivity index (χ3v) is 3.94. The molecule has 1 aromatic carbocycles. The Labute approximate surface area is 135 Å². The van der Waals surface area contributed by atoms with Gasteiger partial charge in [0.15, 0.2) is 0 Å². The fraction of sp³-hybridized carbons (Fsp3) is 0.278. The summed E-state index contributed by atoms with van der Waals surface area (Å²) in [6, 6.07) is 9.53. The Morgan fingerprint density at radius 2 is 2.00 bits per heavy atom. The van der Waals surface area contributed by atoms with Crippen LogP contribution in [0.3, 0.4) is 0 Å². The van der Waals surface area contributed by atoms with Crippen LogP contribution in [0.4, 0.5) is 11.4 Å². The molecule has 5 heteroatoms. The highest BCUT2D eigenvalue weighted by atomic mass is 16.2. The van der Waals surface area contributed by atoms with Crippen molar-refractivity contribution in [2.24, 2.45) is 5.92 Å². The van der Waals surface area contributed by atoms with E-state index in [0.717, 1.165) is 22.5 Å². The van der Waals surface area contributed by atoms with Crippen molar-refractivity contribution in [3.63, 3.8) is 0 Å². The number of carbonyl (C=O) groups excluding carboxylic acids is 2. The monoisotopic (exact) mass is 309 g/mol. The van der Waals surface area contributed by atoms with Gasteiger partial charge in [-0.2, -0.15) is 0 Å². The highest BCUT2D eigenvalue weighted by Crippen LogP contribution is 2.25. The van der Waals surface area contributed by atoms with E-state index in [0.29, 0.717) is 6.54 Å². The minimum Gasteiger partial charge on any atom is -0.326 e. The van der Waals surface area contributed by atoms with Crippen molar-refractivity contribution in [3.8, 4) is 0 Å². The summed E-state index contributed by atoms with van der Waals surface area (Å²) < 4.78 is 0. The van der Waals surface area contributed by atoms with E-state index in [1.54, 1.807) is 23.4 Å². The molecular weight excluding hydrogens is 290 g/mol. The topological polar surface area (TPSA) is 62.3 Å². The first-order valence-electron chi connectivity index (χ1n) is 7.62. The van der Waals surface area contributed by atoms with E-state index >= 15 is 0 Å². The highest BCUT2D eigenvalue weighted by Gasteiger charge is 2.35. The fourth-order valence-electron chi connectivity index (χ4n) is 2.94. The van der Waals surface area contributed by atoms with E-state index < -0.39 is 0 Å². The van der Waals surface area contributed by atoms with Crippen LogP contribution in [0.25, 0.3) is 0 Å². The molecule has 2 heterocycles. The molecule has 1 aliphatic heterocycles. The predicted octanol–water partition coefficient (Wildman–Crippen LogP) is 2.69. The zero-order valence-electron chi connectivity index (χ0n) is 13.2. The Kier molecular flexibility index (Phi) is 4.10. The Balaban J connectivity index is 1.70. The lowest BCUT2D eigenvalue weighted by Gasteiger charge is -2.16. The molecule has 0 aliphatic carbocycles. The maximum absolute atomic E-state index is 12.5. The predicted molar refractivity (Wildman–Crippen MR) is 89.2 cm³/mol. The number of rotatable bonds is 3. The molecule has 0 saturated carbocycles. The summed E-state index contributed by atoms with van der Waals surface area (Å²) in [7, 11) is 0. The molecule has 5 nitrogen and oxygen atoms in total. The quantitative estimate of drug-likeness (QED) is 0.948. The number of anilines is 2. The van der Waals surface area contributed by atoms with E-state index in [4.69, 9.17) is 0 Å². The number of nitrogens with one attached hydrogen (secondary N) is 1. The lowest BCUT2D eigenvalue weighted by molar-refractivity contribution is -0.122. The van der Waals surface area contributed by atoms with Crippen LogP contribution in [0, 0.1) is 19.8 Å². The number of carbonyl (C=O) groups is 2. The smallest absolute Gasteiger partial charge is 0.229 e. The summed E-state index contributed by atoms with van der Waals surface area (Å²) in [4.78, 5) is 30.3. The summed E-state index contributed by atoms with van der Waals surface area (Å²) >= 11 is 0. The number of amides is 2. The maximum Gasteiger partial charge on any atom is 0.229 e. The average molecular weight is 309 g/mol. The second-order valence-corrected chi connectivity index (χ2v) is 5.98. The van der Waals surface area contributed by atoms with Gasteiger partial charge in [-0.1, -0.05) is 6.07 Å². The molecule has 1 saturated heterocycles. The molecule has 1 atom stereocenters. The Bertz CT molecular complexity index is 723. The second kappa shape index (κ2) is 6.20. The molecule has 0 radical (unpaired) electrons. The van der Waals surface area contributed by atoms with Crippen molar-refractivity contribution < 1.29 is 9.59 Å². The van der Waals surface area contributed by atoms with E-state index in [1.807, 2.05) is 32.0 Å². The molecule has 23 heavy (non-hydrogen) atoms. The maximum atomic E-state index is 12.5. The molecule has 0 bridgehead atoms. The first-order chi connectivity index (χ1) is 11.0. The number of hydrogen-bond acceptors (Lipinski definition) is 3. The molecule has 3 rings (SSSR count). The van der Waals surface area contributed by atoms with Gasteiger partial charge in [0.2, 0.25) is 11.8 Å². The van der Waals surface area contributed by atoms with Crippen LogP contribution in [0.15, 0.2) is 42.7 Å². The van der Waals surface area contributed by atoms with Crippen LogP contribution >= 0.6 is 0 Å². The lowest BCUT2D eigenvalue weighted by atomic mass is 10.1. The molecule has 1 aromatic heterocycles. The van der Waals surface area contributed by atoms with Gasteiger partial charge in [-0.05, 0) is 49.2 Å². The van der Waals surface area contributed by atoms with Crippen LogP contribution in [0.5, 0.6) is 0 Å². The lowest BCUT2D eigenvalue weighted by Crippen LogP contribution is -2.28. The first-order valence-corrected chi connectivity index (χ1v) is 7.62. The average Bonchev–Trinajstić information content (AvgIpc) is 2.89. The van der Waals surface area contributed by atoms with Crippen molar-refractivity contribution in [2.75, 3.05) is 16.8 Å². The first kappa shape index (κ1) is 15.2. The van der Waals surface area contributed by atoms with Crippen LogP contribution < -0.4 is 10.2 Å². The van der Waals surface area contributed by atoms with Gasteiger partial charge < -0.3 is 10.2 Å². The number of benzene rings is 1. The van der Waals surface area contributed by atoms with Gasteiger partial charge in [-0.3, -0.25) is 14.6 Å². The van der Waals surface area contributed by atoms with E-state index in [9.17, 15) is 9.59 Å². The van der Waals surface area contributed by atoms with Gasteiger partial charge in [0.05, 0.1) is 17.8 Å². The molecule has 2 aromatic rings. The molecule has 118 valence electrons. The second-order valence-electron chi connectivity index (χ2n) is 5.98. The van der Waals surface area contributed by atoms with Crippen LogP contribution in [-0.4, -0.2) is 23.3 Å². The molecule has 1 N–H and O–H groups in total. The Morgan fingerprint density at radius 3 is 2.65 bits per heavy atom. The van der Waals surface area contributed by atoms with Crippen molar-refractivity contribution in [1.82, 2.24) is 4.98 Å². The zero-order valence-corrected chi connectivity index (χ0v) is 13.2. The number of nitrogens with zero attached hydrogens (tertiary/aromatic N) is 2. The number of hydrogen-bond donors (Lipinski definition) is 1. The summed E-state index contributed by atoms with van der Waals surface area (Å²) in [5.74, 6) is -0.503. The summed E-state index contributed by atoms with van der Waals surface area (Å²) in [5, 5.41) is 2.92. The van der Waals surface area contributed by atoms with Gasteiger partial charge in [0, 0.05) is 24.8 Å². The van der Waals surface area contributed by atoms with Crippen molar-refractivity contribution in [3.05, 3.63) is 53.9 Å². The molecular formula is C18H19N3O2. The largest absolute Gasteiger partial charge is 0.326 e. The molecule has 1 fully saturated rings. The van der Waals surface area contributed by atoms with Gasteiger partial charge in [-0.25, -0.2) is 0 Å². The minimum atomic E-state index is -0.344. The molecule has 1 unspecified atom stereocenters. The van der Waals surface area contributed by atoms with Crippen molar-refractivity contribution >= 4 is 23.2 Å². The Hall–Kier alpha value is -2.69. The van der Waals surface area contributed by atoms with Gasteiger partial charge in [0.1, 0.15) is 0 Å². The normalized spacial score (nSPS) is 17.4. The van der Waals surface area contributed by atoms with Crippen molar-refractivity contribution in [1.29, 1.82) is 0 Å². The van der Waals surface area contributed by atoms with Gasteiger partial charge >= 0.3 is 0 Å². The summed E-state index contributed by atoms with van der Waals surface area (Å²) in [5.41, 5.74) is 3.71. The minimum absolute atomic E-state index is 0.0430. The zero-order chi connectivity index (χ0) is 16.4. The fourth-order valence-corrected chi connectivity index (χ4v) is 2.94. The molecule has 1 aliphatic rings. The third kappa shape index (κ3) is 3.39. The van der Waals surface area contributed by atoms with E-state index in [2.05, 4.69) is 16.4 Å². The third-order valence-electron chi connectivity index (χ3n) is 3.94. The summed E-state index contributed by atoms with van der Waals surface area (Å²) in [6.07, 6.45) is 3.53. The van der Waals surface area contributed by atoms with E-state index in [-0.39, 0.29) is 24.2 Å². The number of aromatic nitrogens is 1. The van der Waals surface area contributed by atoms with Crippen molar-refractivity contribution in [2.45, 2.75) is 20.3 Å². The highest BCUT2D eigenvalue weighted by molar-refractivity contribution is 6.03. The van der Waals surface area contributed by atoms with E-state index in [1.165, 1.54) is 0 Å². The van der Waals surface area contributed by atoms with Gasteiger partial charge in [0.25, 0.3) is 0 Å². The Morgan fingerprint density at radius 1 is 1.26 bits per heavy atom.